The minimum absolute atomic E-state index is 0.320. The maximum atomic E-state index is 4.46. The zero-order valence-corrected chi connectivity index (χ0v) is 14.1. The van der Waals surface area contributed by atoms with Gasteiger partial charge in [-0.3, -0.25) is 0 Å². The second kappa shape index (κ2) is 7.81. The molecule has 1 N–H and O–H groups in total. The van der Waals surface area contributed by atoms with Crippen LogP contribution in [0.1, 0.15) is 24.9 Å². The van der Waals surface area contributed by atoms with Crippen molar-refractivity contribution in [2.45, 2.75) is 29.7 Å². The van der Waals surface area contributed by atoms with Gasteiger partial charge in [-0.1, -0.05) is 49.0 Å². The Morgan fingerprint density at radius 2 is 1.95 bits per heavy atom. The molecule has 1 aromatic carbocycles. The van der Waals surface area contributed by atoms with Crippen LogP contribution in [0.15, 0.2) is 58.2 Å². The molecule has 2 aromatic rings. The van der Waals surface area contributed by atoms with Gasteiger partial charge in [0.1, 0.15) is 5.03 Å². The van der Waals surface area contributed by atoms with E-state index in [4.69, 9.17) is 0 Å². The van der Waals surface area contributed by atoms with Crippen molar-refractivity contribution in [2.24, 2.45) is 0 Å². The van der Waals surface area contributed by atoms with E-state index >= 15 is 0 Å². The Labute approximate surface area is 133 Å². The molecule has 2 unspecified atom stereocenters. The van der Waals surface area contributed by atoms with Crippen LogP contribution in [0.2, 0.25) is 0 Å². The monoisotopic (exact) mass is 350 g/mol. The van der Waals surface area contributed by atoms with E-state index in [0.29, 0.717) is 11.3 Å². The van der Waals surface area contributed by atoms with Crippen LogP contribution in [0.3, 0.4) is 0 Å². The first kappa shape index (κ1) is 15.5. The van der Waals surface area contributed by atoms with Gasteiger partial charge in [0.2, 0.25) is 0 Å². The Morgan fingerprint density at radius 1 is 1.20 bits per heavy atom. The Bertz CT molecular complexity index is 533. The summed E-state index contributed by atoms with van der Waals surface area (Å²) in [4.78, 5) is 4.46. The molecule has 20 heavy (non-hydrogen) atoms. The average Bonchev–Trinajstić information content (AvgIpc) is 2.50. The molecule has 0 aliphatic heterocycles. The standard InChI is InChI=1S/C16H19BrN2S/c1-3-14(20-16-13(17)10-7-11-19-16)15(18-2)12-8-5-4-6-9-12/h4-11,14-15,18H,3H2,1-2H3. The van der Waals surface area contributed by atoms with E-state index in [-0.39, 0.29) is 0 Å². The van der Waals surface area contributed by atoms with Crippen LogP contribution in [0.5, 0.6) is 0 Å². The molecule has 0 aliphatic rings. The fourth-order valence-electron chi connectivity index (χ4n) is 2.22. The molecule has 2 rings (SSSR count). The van der Waals surface area contributed by atoms with Gasteiger partial charge in [-0.2, -0.15) is 0 Å². The lowest BCUT2D eigenvalue weighted by molar-refractivity contribution is 0.555. The van der Waals surface area contributed by atoms with Gasteiger partial charge in [-0.15, -0.1) is 0 Å². The second-order valence-electron chi connectivity index (χ2n) is 4.53. The first-order chi connectivity index (χ1) is 9.76. The zero-order chi connectivity index (χ0) is 14.4. The Hall–Kier alpha value is -0.840. The molecular weight excluding hydrogens is 332 g/mol. The molecule has 1 aromatic heterocycles. The largest absolute Gasteiger partial charge is 0.312 e. The molecule has 4 heteroatoms. The fourth-order valence-corrected chi connectivity index (χ4v) is 3.94. The number of benzene rings is 1. The van der Waals surface area contributed by atoms with Gasteiger partial charge in [0.25, 0.3) is 0 Å². The molecule has 2 nitrogen and oxygen atoms in total. The summed E-state index contributed by atoms with van der Waals surface area (Å²) in [7, 11) is 2.02. The van der Waals surface area contributed by atoms with Crippen molar-refractivity contribution in [3.63, 3.8) is 0 Å². The van der Waals surface area contributed by atoms with Crippen molar-refractivity contribution in [3.05, 3.63) is 58.7 Å². The van der Waals surface area contributed by atoms with E-state index in [1.54, 1.807) is 0 Å². The molecule has 106 valence electrons. The predicted molar refractivity (Wildman–Crippen MR) is 90.1 cm³/mol. The second-order valence-corrected chi connectivity index (χ2v) is 6.61. The number of aromatic nitrogens is 1. The third-order valence-electron chi connectivity index (χ3n) is 3.23. The van der Waals surface area contributed by atoms with Crippen molar-refractivity contribution in [3.8, 4) is 0 Å². The number of nitrogens with zero attached hydrogens (tertiary/aromatic N) is 1. The summed E-state index contributed by atoms with van der Waals surface area (Å²) in [6.45, 7) is 2.22. The number of halogens is 1. The lowest BCUT2D eigenvalue weighted by Crippen LogP contribution is -2.27. The van der Waals surface area contributed by atoms with Crippen LogP contribution >= 0.6 is 27.7 Å². The van der Waals surface area contributed by atoms with Gasteiger partial charge >= 0.3 is 0 Å². The highest BCUT2D eigenvalue weighted by molar-refractivity contribution is 9.10. The van der Waals surface area contributed by atoms with Gasteiger partial charge in [0, 0.05) is 22.0 Å². The topological polar surface area (TPSA) is 24.9 Å². The number of thioether (sulfide) groups is 1. The summed E-state index contributed by atoms with van der Waals surface area (Å²) in [5.41, 5.74) is 1.32. The summed E-state index contributed by atoms with van der Waals surface area (Å²) in [5, 5.41) is 4.94. The van der Waals surface area contributed by atoms with E-state index in [2.05, 4.69) is 63.5 Å². The summed E-state index contributed by atoms with van der Waals surface area (Å²) >= 11 is 5.40. The van der Waals surface area contributed by atoms with Gasteiger partial charge < -0.3 is 5.32 Å². The van der Waals surface area contributed by atoms with Crippen molar-refractivity contribution in [2.75, 3.05) is 7.05 Å². The van der Waals surface area contributed by atoms with Crippen LogP contribution < -0.4 is 5.32 Å². The molecule has 0 amide bonds. The van der Waals surface area contributed by atoms with Crippen LogP contribution in [0.4, 0.5) is 0 Å². The van der Waals surface area contributed by atoms with Crippen LogP contribution in [-0.2, 0) is 0 Å². The lowest BCUT2D eigenvalue weighted by atomic mass is 10.0. The molecule has 1 heterocycles. The molecule has 0 aliphatic carbocycles. The van der Waals surface area contributed by atoms with Gasteiger partial charge in [0.05, 0.1) is 0 Å². The predicted octanol–water partition coefficient (Wildman–Crippen LogP) is 4.68. The first-order valence-electron chi connectivity index (χ1n) is 6.75. The van der Waals surface area contributed by atoms with Crippen molar-refractivity contribution in [1.82, 2.24) is 10.3 Å². The fraction of sp³-hybridized carbons (Fsp3) is 0.312. The average molecular weight is 351 g/mol. The smallest absolute Gasteiger partial charge is 0.110 e. The highest BCUT2D eigenvalue weighted by atomic mass is 79.9. The molecule has 0 radical (unpaired) electrons. The SMILES string of the molecule is CCC(Sc1ncccc1Br)C(NC)c1ccccc1. The van der Waals surface area contributed by atoms with Crippen LogP contribution in [0.25, 0.3) is 0 Å². The summed E-state index contributed by atoms with van der Waals surface area (Å²) in [6.07, 6.45) is 2.92. The number of rotatable bonds is 6. The van der Waals surface area contributed by atoms with E-state index in [0.717, 1.165) is 15.9 Å². The van der Waals surface area contributed by atoms with Crippen molar-refractivity contribution < 1.29 is 0 Å². The summed E-state index contributed by atoms with van der Waals surface area (Å²) in [6, 6.07) is 14.9. The van der Waals surface area contributed by atoms with Gasteiger partial charge in [-0.25, -0.2) is 4.98 Å². The molecule has 0 bridgehead atoms. The van der Waals surface area contributed by atoms with Crippen molar-refractivity contribution >= 4 is 27.7 Å². The molecule has 0 saturated carbocycles. The number of nitrogens with one attached hydrogen (secondary N) is 1. The quantitative estimate of drug-likeness (QED) is 0.765. The molecule has 0 fully saturated rings. The highest BCUT2D eigenvalue weighted by Crippen LogP contribution is 2.36. The van der Waals surface area contributed by atoms with Crippen LogP contribution in [0, 0.1) is 0 Å². The summed E-state index contributed by atoms with van der Waals surface area (Å²) < 4.78 is 1.06. The van der Waals surface area contributed by atoms with E-state index < -0.39 is 0 Å². The lowest BCUT2D eigenvalue weighted by Gasteiger charge is -2.26. The molecule has 2 atom stereocenters. The minimum atomic E-state index is 0.320. The molecule has 0 spiro atoms. The Morgan fingerprint density at radius 3 is 2.55 bits per heavy atom. The third-order valence-corrected chi connectivity index (χ3v) is 5.59. The molecular formula is C16H19BrN2S. The normalized spacial score (nSPS) is 13.9. The highest BCUT2D eigenvalue weighted by Gasteiger charge is 2.22. The first-order valence-corrected chi connectivity index (χ1v) is 8.43. The number of pyridine rings is 1. The maximum absolute atomic E-state index is 4.46. The van der Waals surface area contributed by atoms with E-state index in [1.807, 2.05) is 37.1 Å². The zero-order valence-electron chi connectivity index (χ0n) is 11.7. The Kier molecular flexibility index (Phi) is 6.07. The van der Waals surface area contributed by atoms with Gasteiger partial charge in [-0.05, 0) is 47.1 Å². The van der Waals surface area contributed by atoms with E-state index in [9.17, 15) is 0 Å². The molecule has 0 saturated heterocycles. The Balaban J connectivity index is 2.20. The van der Waals surface area contributed by atoms with E-state index in [1.165, 1.54) is 5.56 Å². The maximum Gasteiger partial charge on any atom is 0.110 e. The third kappa shape index (κ3) is 3.84. The number of hydrogen-bond acceptors (Lipinski definition) is 3. The minimum Gasteiger partial charge on any atom is -0.312 e. The summed E-state index contributed by atoms with van der Waals surface area (Å²) in [5.74, 6) is 0. The van der Waals surface area contributed by atoms with Crippen molar-refractivity contribution in [1.29, 1.82) is 0 Å². The number of hydrogen-bond donors (Lipinski definition) is 1. The van der Waals surface area contributed by atoms with Gasteiger partial charge in [0.15, 0.2) is 0 Å². The van der Waals surface area contributed by atoms with Crippen LogP contribution in [-0.4, -0.2) is 17.3 Å².